The smallest absolute Gasteiger partial charge is 0.385 e. The van der Waals surface area contributed by atoms with Gasteiger partial charge in [0.2, 0.25) is 5.95 Å². The number of amides is 2. The Morgan fingerprint density at radius 2 is 2.08 bits per heavy atom. The van der Waals surface area contributed by atoms with E-state index >= 15 is 0 Å². The number of alkyl halides is 3. The maximum atomic E-state index is 13.4. The van der Waals surface area contributed by atoms with E-state index in [2.05, 4.69) is 15.3 Å². The molecule has 36 heavy (non-hydrogen) atoms. The maximum Gasteiger partial charge on any atom is 0.408 e. The highest BCUT2D eigenvalue weighted by atomic mass is 19.4. The van der Waals surface area contributed by atoms with Gasteiger partial charge in [0.15, 0.2) is 5.65 Å². The van der Waals surface area contributed by atoms with Crippen LogP contribution in [0.25, 0.3) is 11.2 Å². The fourth-order valence-corrected chi connectivity index (χ4v) is 4.22. The van der Waals surface area contributed by atoms with Gasteiger partial charge in [0.25, 0.3) is 11.8 Å². The lowest BCUT2D eigenvalue weighted by Gasteiger charge is -2.26. The van der Waals surface area contributed by atoms with Crippen LogP contribution in [-0.2, 0) is 11.3 Å². The average Bonchev–Trinajstić information content (AvgIpc) is 3.49. The van der Waals surface area contributed by atoms with Crippen LogP contribution in [0.5, 0.6) is 0 Å². The lowest BCUT2D eigenvalue weighted by atomic mass is 10.1. The molecule has 0 bridgehead atoms. The average molecular weight is 500 g/mol. The van der Waals surface area contributed by atoms with E-state index in [0.717, 1.165) is 4.90 Å². The van der Waals surface area contributed by atoms with Gasteiger partial charge >= 0.3 is 6.18 Å². The molecule has 4 rings (SSSR count). The highest BCUT2D eigenvalue weighted by molar-refractivity contribution is 6.04. The predicted molar refractivity (Wildman–Crippen MR) is 123 cm³/mol. The number of carbonyl (C=O) groups excluding carboxylic acids is 2. The van der Waals surface area contributed by atoms with Gasteiger partial charge in [0.05, 0.1) is 17.2 Å². The van der Waals surface area contributed by atoms with Gasteiger partial charge in [-0.05, 0) is 43.5 Å². The first-order valence-corrected chi connectivity index (χ1v) is 11.3. The number of hydrogen-bond acceptors (Lipinski definition) is 6. The number of pyridine rings is 1. The van der Waals surface area contributed by atoms with Crippen molar-refractivity contribution in [3.05, 3.63) is 53.2 Å². The largest absolute Gasteiger partial charge is 0.408 e. The van der Waals surface area contributed by atoms with Gasteiger partial charge < -0.3 is 9.64 Å². The van der Waals surface area contributed by atoms with Crippen molar-refractivity contribution in [1.82, 2.24) is 19.4 Å². The van der Waals surface area contributed by atoms with E-state index in [1.165, 1.54) is 18.3 Å². The number of anilines is 1. The Labute approximate surface area is 204 Å². The Balaban J connectivity index is 1.66. The molecule has 188 valence electrons. The summed E-state index contributed by atoms with van der Waals surface area (Å²) in [6.07, 6.45) is -2.58. The van der Waals surface area contributed by atoms with E-state index in [1.54, 1.807) is 29.9 Å². The number of hydrogen-bond donors (Lipinski definition) is 1. The Hall–Kier alpha value is -3.98. The molecule has 12 heteroatoms. The fourth-order valence-electron chi connectivity index (χ4n) is 4.22. The summed E-state index contributed by atoms with van der Waals surface area (Å²) in [6.45, 7) is 0.817. The molecule has 2 aromatic heterocycles. The normalized spacial score (nSPS) is 15.8. The van der Waals surface area contributed by atoms with Crippen molar-refractivity contribution in [3.63, 3.8) is 0 Å². The molecule has 1 aliphatic heterocycles. The van der Waals surface area contributed by atoms with E-state index in [0.29, 0.717) is 30.8 Å². The number of rotatable bonds is 7. The number of likely N-dealkylation sites (tertiary alicyclic amines) is 1. The lowest BCUT2D eigenvalue weighted by molar-refractivity contribution is -0.169. The monoisotopic (exact) mass is 500 g/mol. The number of imidazole rings is 1. The molecular weight excluding hydrogens is 477 g/mol. The van der Waals surface area contributed by atoms with Gasteiger partial charge in [-0.1, -0.05) is 6.07 Å². The number of carbonyl (C=O) groups is 2. The molecule has 1 atom stereocenters. The molecule has 1 aromatic carbocycles. The summed E-state index contributed by atoms with van der Waals surface area (Å²) in [7, 11) is 1.56. The van der Waals surface area contributed by atoms with Crippen LogP contribution in [0.1, 0.15) is 45.5 Å². The van der Waals surface area contributed by atoms with Crippen LogP contribution in [-0.4, -0.2) is 63.7 Å². The summed E-state index contributed by atoms with van der Waals surface area (Å²) in [5.74, 6) is -1.12. The van der Waals surface area contributed by atoms with Crippen LogP contribution in [0.15, 0.2) is 36.5 Å². The third-order valence-corrected chi connectivity index (χ3v) is 5.93. The molecule has 1 unspecified atom stereocenters. The standard InChI is InChI=1S/C24H23F3N6O3/c1-36-10-4-9-33-20-18(30-23(33)31-21(34)16-6-2-5-15(11-16)13-28)12-17(14-29-20)22(35)32-8-3-7-19(32)24(25,26)27/h2,5-6,11-12,14,19H,3-4,7-10H2,1H3,(H,30,31,34). The van der Waals surface area contributed by atoms with Gasteiger partial charge in [-0.15, -0.1) is 0 Å². The number of benzene rings is 1. The van der Waals surface area contributed by atoms with E-state index < -0.39 is 24.0 Å². The second kappa shape index (κ2) is 10.3. The SMILES string of the molecule is COCCCn1c(NC(=O)c2cccc(C#N)c2)nc2cc(C(=O)N3CCCC3C(F)(F)F)cnc21. The van der Waals surface area contributed by atoms with Crippen molar-refractivity contribution < 1.29 is 27.5 Å². The second-order valence-electron chi connectivity index (χ2n) is 8.35. The van der Waals surface area contributed by atoms with Crippen LogP contribution < -0.4 is 5.32 Å². The zero-order chi connectivity index (χ0) is 25.9. The van der Waals surface area contributed by atoms with Crippen LogP contribution in [0.4, 0.5) is 19.1 Å². The molecule has 2 amide bonds. The molecule has 0 aliphatic carbocycles. The molecule has 1 aliphatic rings. The molecule has 1 fully saturated rings. The third-order valence-electron chi connectivity index (χ3n) is 5.93. The van der Waals surface area contributed by atoms with Crippen LogP contribution >= 0.6 is 0 Å². The van der Waals surface area contributed by atoms with E-state index in [-0.39, 0.29) is 42.0 Å². The molecule has 1 saturated heterocycles. The first-order chi connectivity index (χ1) is 17.2. The van der Waals surface area contributed by atoms with Crippen molar-refractivity contribution in [2.45, 2.75) is 38.0 Å². The van der Waals surface area contributed by atoms with Gasteiger partial charge in [-0.2, -0.15) is 18.4 Å². The highest BCUT2D eigenvalue weighted by Crippen LogP contribution is 2.33. The van der Waals surface area contributed by atoms with Gasteiger partial charge in [0.1, 0.15) is 11.6 Å². The van der Waals surface area contributed by atoms with Gasteiger partial charge in [-0.3, -0.25) is 19.5 Å². The number of ether oxygens (including phenoxy) is 1. The first-order valence-electron chi connectivity index (χ1n) is 11.3. The maximum absolute atomic E-state index is 13.4. The molecule has 3 heterocycles. The predicted octanol–water partition coefficient (Wildman–Crippen LogP) is 3.76. The molecular formula is C24H23F3N6O3. The number of nitrogens with one attached hydrogen (secondary N) is 1. The number of aryl methyl sites for hydroxylation is 1. The highest BCUT2D eigenvalue weighted by Gasteiger charge is 2.47. The van der Waals surface area contributed by atoms with E-state index in [9.17, 15) is 22.8 Å². The lowest BCUT2D eigenvalue weighted by Crippen LogP contribution is -2.44. The van der Waals surface area contributed by atoms with Gasteiger partial charge in [0, 0.05) is 38.6 Å². The Bertz CT molecular complexity index is 1330. The van der Waals surface area contributed by atoms with Crippen molar-refractivity contribution in [1.29, 1.82) is 5.26 Å². The number of nitrogens with zero attached hydrogens (tertiary/aromatic N) is 5. The number of halogens is 3. The Kier molecular flexibility index (Phi) is 7.21. The molecule has 1 N–H and O–H groups in total. The molecule has 9 nitrogen and oxygen atoms in total. The number of methoxy groups -OCH3 is 1. The zero-order valence-corrected chi connectivity index (χ0v) is 19.4. The minimum absolute atomic E-state index is 0.00950. The van der Waals surface area contributed by atoms with E-state index in [1.807, 2.05) is 6.07 Å². The number of aromatic nitrogens is 3. The summed E-state index contributed by atoms with van der Waals surface area (Å²) in [5, 5.41) is 11.8. The fraction of sp³-hybridized carbons (Fsp3) is 0.375. The minimum atomic E-state index is -4.51. The van der Waals surface area contributed by atoms with Crippen molar-refractivity contribution >= 4 is 28.9 Å². The van der Waals surface area contributed by atoms with Crippen molar-refractivity contribution in [3.8, 4) is 6.07 Å². The summed E-state index contributed by atoms with van der Waals surface area (Å²) < 4.78 is 46.8. The summed E-state index contributed by atoms with van der Waals surface area (Å²) in [4.78, 5) is 35.3. The summed E-state index contributed by atoms with van der Waals surface area (Å²) >= 11 is 0. The molecule has 0 saturated carbocycles. The zero-order valence-electron chi connectivity index (χ0n) is 19.4. The van der Waals surface area contributed by atoms with Crippen molar-refractivity contribution in [2.24, 2.45) is 0 Å². The summed E-state index contributed by atoms with van der Waals surface area (Å²) in [6, 6.07) is 7.68. The van der Waals surface area contributed by atoms with Crippen molar-refractivity contribution in [2.75, 3.05) is 25.6 Å². The minimum Gasteiger partial charge on any atom is -0.385 e. The number of nitriles is 1. The molecule has 0 spiro atoms. The van der Waals surface area contributed by atoms with Gasteiger partial charge in [-0.25, -0.2) is 9.97 Å². The van der Waals surface area contributed by atoms with E-state index in [4.69, 9.17) is 10.00 Å². The summed E-state index contributed by atoms with van der Waals surface area (Å²) in [5.41, 5.74) is 1.17. The topological polar surface area (TPSA) is 113 Å². The Morgan fingerprint density at radius 1 is 1.28 bits per heavy atom. The molecule has 3 aromatic rings. The Morgan fingerprint density at radius 3 is 2.81 bits per heavy atom. The number of fused-ring (bicyclic) bond motifs is 1. The molecule has 0 radical (unpaired) electrons. The van der Waals surface area contributed by atoms with Crippen LogP contribution in [0.2, 0.25) is 0 Å². The van der Waals surface area contributed by atoms with Crippen LogP contribution in [0, 0.1) is 11.3 Å². The second-order valence-corrected chi connectivity index (χ2v) is 8.35. The quantitative estimate of drug-likeness (QED) is 0.495. The third kappa shape index (κ3) is 5.16. The first kappa shape index (κ1) is 25.1. The van der Waals surface area contributed by atoms with Crippen LogP contribution in [0.3, 0.4) is 0 Å².